The van der Waals surface area contributed by atoms with Crippen LogP contribution in [0.4, 0.5) is 13.2 Å². The summed E-state index contributed by atoms with van der Waals surface area (Å²) in [4.78, 5) is 0. The zero-order valence-corrected chi connectivity index (χ0v) is 5.74. The van der Waals surface area contributed by atoms with Crippen molar-refractivity contribution in [1.82, 2.24) is 0 Å². The predicted molar refractivity (Wildman–Crippen MR) is 29.5 cm³/mol. The average molecular weight is 185 g/mol. The van der Waals surface area contributed by atoms with Crippen LogP contribution in [0.15, 0.2) is 0 Å². The summed E-state index contributed by atoms with van der Waals surface area (Å²) in [6.45, 7) is 0. The lowest BCUT2D eigenvalue weighted by atomic mass is 10.8. The minimum Gasteiger partial charge on any atom is -0.167 e. The van der Waals surface area contributed by atoms with Crippen molar-refractivity contribution in [2.24, 2.45) is 0 Å². The van der Waals surface area contributed by atoms with Gasteiger partial charge in [-0.05, 0) is 0 Å². The molecule has 0 aliphatic rings. The molecular formula is C2HCl2F3S. The Morgan fingerprint density at radius 3 is 1.25 bits per heavy atom. The molecule has 0 N–H and O–H groups in total. The van der Waals surface area contributed by atoms with Crippen LogP contribution < -0.4 is 0 Å². The summed E-state index contributed by atoms with van der Waals surface area (Å²) in [7, 11) is 0. The van der Waals surface area contributed by atoms with E-state index in [4.69, 9.17) is 0 Å². The van der Waals surface area contributed by atoms with Crippen molar-refractivity contribution in [3.63, 3.8) is 0 Å². The first kappa shape index (κ1) is 8.72. The van der Waals surface area contributed by atoms with Crippen molar-refractivity contribution in [1.29, 1.82) is 0 Å². The van der Waals surface area contributed by atoms with Gasteiger partial charge in [0, 0.05) is 0 Å². The molecule has 0 aromatic heterocycles. The van der Waals surface area contributed by atoms with Gasteiger partial charge in [0.1, 0.15) is 0 Å². The van der Waals surface area contributed by atoms with Gasteiger partial charge in [0.15, 0.2) is 0 Å². The van der Waals surface area contributed by atoms with E-state index < -0.39 is 9.84 Å². The van der Waals surface area contributed by atoms with E-state index >= 15 is 0 Å². The Labute approximate surface area is 59.4 Å². The van der Waals surface area contributed by atoms with E-state index in [2.05, 4.69) is 35.8 Å². The Kier molecular flexibility index (Phi) is 2.35. The van der Waals surface area contributed by atoms with Gasteiger partial charge in [0.25, 0.3) is 3.67 Å². The lowest BCUT2D eigenvalue weighted by molar-refractivity contribution is -0.122. The van der Waals surface area contributed by atoms with E-state index in [1.165, 1.54) is 0 Å². The molecule has 0 saturated carbocycles. The Morgan fingerprint density at radius 1 is 1.12 bits per heavy atom. The zero-order chi connectivity index (χ0) is 7.00. The summed E-state index contributed by atoms with van der Waals surface area (Å²) in [5, 5.41) is 0. The summed E-state index contributed by atoms with van der Waals surface area (Å²) in [6, 6.07) is 0. The topological polar surface area (TPSA) is 0 Å². The lowest BCUT2D eigenvalue weighted by Crippen LogP contribution is -2.27. The summed E-state index contributed by atoms with van der Waals surface area (Å²) >= 11 is 11.9. The second kappa shape index (κ2) is 2.15. The van der Waals surface area contributed by atoms with E-state index in [0.29, 0.717) is 0 Å². The molecule has 0 atom stereocenters. The zero-order valence-electron chi connectivity index (χ0n) is 3.34. The van der Waals surface area contributed by atoms with Crippen molar-refractivity contribution in [3.8, 4) is 0 Å². The third kappa shape index (κ3) is 2.33. The van der Waals surface area contributed by atoms with Crippen LogP contribution >= 0.6 is 35.8 Å². The molecule has 0 amide bonds. The van der Waals surface area contributed by atoms with E-state index in [1.54, 1.807) is 0 Å². The maximum absolute atomic E-state index is 11.2. The quantitative estimate of drug-likeness (QED) is 0.435. The van der Waals surface area contributed by atoms with Crippen LogP contribution in [-0.4, -0.2) is 9.84 Å². The molecule has 50 valence electrons. The molecule has 0 spiro atoms. The highest BCUT2D eigenvalue weighted by Gasteiger charge is 2.49. The van der Waals surface area contributed by atoms with Crippen LogP contribution in [0.1, 0.15) is 0 Å². The fourth-order valence-electron chi connectivity index (χ4n) is 0. The first-order chi connectivity index (χ1) is 3.25. The molecule has 0 aliphatic heterocycles. The maximum atomic E-state index is 11.2. The predicted octanol–water partition coefficient (Wildman–Crippen LogP) is 2.61. The van der Waals surface area contributed by atoms with Crippen LogP contribution in [-0.2, 0) is 0 Å². The minimum atomic E-state index is -4.67. The maximum Gasteiger partial charge on any atom is 0.430 e. The molecule has 0 fully saturated rings. The van der Waals surface area contributed by atoms with Gasteiger partial charge in [0.05, 0.1) is 0 Å². The standard InChI is InChI=1S/C2HCl2F3S/c3-1(4,8)2(5,6)7/h8H. The molecule has 0 saturated heterocycles. The van der Waals surface area contributed by atoms with Crippen molar-refractivity contribution in [2.75, 3.05) is 0 Å². The molecule has 0 aromatic rings. The van der Waals surface area contributed by atoms with Crippen LogP contribution in [0.2, 0.25) is 0 Å². The number of alkyl halides is 5. The lowest BCUT2D eigenvalue weighted by Gasteiger charge is -2.15. The SMILES string of the molecule is FC(F)(F)C(S)(Cl)Cl. The average Bonchev–Trinajstić information content (AvgIpc) is 1.25. The van der Waals surface area contributed by atoms with Crippen LogP contribution in [0.25, 0.3) is 0 Å². The van der Waals surface area contributed by atoms with Gasteiger partial charge in [-0.3, -0.25) is 0 Å². The molecule has 0 unspecified atom stereocenters. The highest BCUT2D eigenvalue weighted by molar-refractivity contribution is 7.85. The second-order valence-electron chi connectivity index (χ2n) is 1.04. The molecule has 0 aliphatic carbocycles. The number of halogens is 5. The van der Waals surface area contributed by atoms with Gasteiger partial charge < -0.3 is 0 Å². The Balaban J connectivity index is 4.02. The fraction of sp³-hybridized carbons (Fsp3) is 1.00. The third-order valence-corrected chi connectivity index (χ3v) is 1.02. The fourth-order valence-corrected chi connectivity index (χ4v) is 0. The van der Waals surface area contributed by atoms with E-state index in [1.807, 2.05) is 0 Å². The molecule has 6 heteroatoms. The molecule has 0 heterocycles. The Morgan fingerprint density at radius 2 is 1.25 bits per heavy atom. The van der Waals surface area contributed by atoms with Gasteiger partial charge in [-0.15, -0.1) is 12.6 Å². The molecule has 8 heavy (non-hydrogen) atoms. The van der Waals surface area contributed by atoms with Gasteiger partial charge in [-0.1, -0.05) is 23.2 Å². The molecule has 0 bridgehead atoms. The highest BCUT2D eigenvalue weighted by atomic mass is 35.5. The monoisotopic (exact) mass is 184 g/mol. The van der Waals surface area contributed by atoms with Crippen molar-refractivity contribution in [2.45, 2.75) is 9.84 Å². The molecule has 0 aromatic carbocycles. The third-order valence-electron chi connectivity index (χ3n) is 0.341. The number of hydrogen-bond donors (Lipinski definition) is 1. The van der Waals surface area contributed by atoms with E-state index in [9.17, 15) is 13.2 Å². The van der Waals surface area contributed by atoms with Crippen molar-refractivity contribution in [3.05, 3.63) is 0 Å². The summed E-state index contributed by atoms with van der Waals surface area (Å²) in [6.07, 6.45) is -4.67. The van der Waals surface area contributed by atoms with Crippen molar-refractivity contribution < 1.29 is 13.2 Å². The van der Waals surface area contributed by atoms with Gasteiger partial charge in [-0.25, -0.2) is 0 Å². The minimum absolute atomic E-state index is 2.84. The van der Waals surface area contributed by atoms with Gasteiger partial charge in [0.2, 0.25) is 0 Å². The normalized spacial score (nSPS) is 14.2. The smallest absolute Gasteiger partial charge is 0.167 e. The van der Waals surface area contributed by atoms with E-state index in [0.717, 1.165) is 0 Å². The molecular weight excluding hydrogens is 184 g/mol. The Bertz CT molecular complexity index is 70.3. The van der Waals surface area contributed by atoms with Crippen molar-refractivity contribution >= 4 is 35.8 Å². The van der Waals surface area contributed by atoms with Crippen LogP contribution in [0.3, 0.4) is 0 Å². The summed E-state index contributed by atoms with van der Waals surface area (Å²) in [5.41, 5.74) is 0. The number of hydrogen-bond acceptors (Lipinski definition) is 1. The number of thiol groups is 1. The summed E-state index contributed by atoms with van der Waals surface area (Å²) < 4.78 is 30.7. The van der Waals surface area contributed by atoms with Gasteiger partial charge >= 0.3 is 6.18 Å². The number of rotatable bonds is 0. The molecule has 0 rings (SSSR count). The highest BCUT2D eigenvalue weighted by Crippen LogP contribution is 2.42. The second-order valence-corrected chi connectivity index (χ2v) is 3.56. The van der Waals surface area contributed by atoms with E-state index in [-0.39, 0.29) is 0 Å². The molecule has 0 nitrogen and oxygen atoms in total. The summed E-state index contributed by atoms with van der Waals surface area (Å²) in [5.74, 6) is 0. The van der Waals surface area contributed by atoms with Crippen LogP contribution in [0, 0.1) is 0 Å². The largest absolute Gasteiger partial charge is 0.430 e. The first-order valence-electron chi connectivity index (χ1n) is 1.42. The Hall–Kier alpha value is 0.720. The van der Waals surface area contributed by atoms with Crippen LogP contribution in [0.5, 0.6) is 0 Å². The first-order valence-corrected chi connectivity index (χ1v) is 2.62. The van der Waals surface area contributed by atoms with Gasteiger partial charge in [-0.2, -0.15) is 13.2 Å². The molecule has 0 radical (unpaired) electrons.